The van der Waals surface area contributed by atoms with E-state index in [9.17, 15) is 9.90 Å². The lowest BCUT2D eigenvalue weighted by atomic mass is 10.2. The van der Waals surface area contributed by atoms with Crippen molar-refractivity contribution in [1.82, 2.24) is 19.4 Å². The van der Waals surface area contributed by atoms with Crippen LogP contribution in [-0.2, 0) is 11.3 Å². The van der Waals surface area contributed by atoms with Gasteiger partial charge >= 0.3 is 0 Å². The summed E-state index contributed by atoms with van der Waals surface area (Å²) in [7, 11) is 0. The van der Waals surface area contributed by atoms with Crippen molar-refractivity contribution >= 4 is 5.91 Å². The number of carbonyl (C=O) groups is 1. The SMILES string of the molecule is CC(O)C(=O)N1CCN(CCn2ccnc2)CC1. The van der Waals surface area contributed by atoms with Gasteiger partial charge in [-0.3, -0.25) is 9.69 Å². The third kappa shape index (κ3) is 3.30. The van der Waals surface area contributed by atoms with Gasteiger partial charge in [0.1, 0.15) is 6.10 Å². The summed E-state index contributed by atoms with van der Waals surface area (Å²) >= 11 is 0. The standard InChI is InChI=1S/C12H20N4O2/c1-11(17)12(18)16-8-6-14(7-9-16)4-5-15-3-2-13-10-15/h2-3,10-11,17H,4-9H2,1H3. The Balaban J connectivity index is 1.72. The Morgan fingerprint density at radius 2 is 2.06 bits per heavy atom. The molecule has 1 saturated heterocycles. The first-order chi connectivity index (χ1) is 8.66. The summed E-state index contributed by atoms with van der Waals surface area (Å²) in [6, 6.07) is 0. The number of hydrogen-bond acceptors (Lipinski definition) is 4. The van der Waals surface area contributed by atoms with Gasteiger partial charge in [0, 0.05) is 51.7 Å². The zero-order chi connectivity index (χ0) is 13.0. The van der Waals surface area contributed by atoms with Crippen molar-refractivity contribution in [3.8, 4) is 0 Å². The number of amides is 1. The highest BCUT2D eigenvalue weighted by atomic mass is 16.3. The van der Waals surface area contributed by atoms with Crippen LogP contribution in [0.4, 0.5) is 0 Å². The maximum atomic E-state index is 11.6. The molecule has 1 aliphatic rings. The second-order valence-corrected chi connectivity index (χ2v) is 4.64. The molecular formula is C12H20N4O2. The molecule has 1 fully saturated rings. The molecule has 1 aliphatic heterocycles. The smallest absolute Gasteiger partial charge is 0.251 e. The molecule has 1 unspecified atom stereocenters. The van der Waals surface area contributed by atoms with E-state index in [0.29, 0.717) is 13.1 Å². The highest BCUT2D eigenvalue weighted by molar-refractivity contribution is 5.80. The van der Waals surface area contributed by atoms with Gasteiger partial charge in [-0.2, -0.15) is 0 Å². The van der Waals surface area contributed by atoms with E-state index in [2.05, 4.69) is 9.88 Å². The fourth-order valence-corrected chi connectivity index (χ4v) is 2.13. The molecule has 0 spiro atoms. The number of rotatable bonds is 4. The van der Waals surface area contributed by atoms with E-state index < -0.39 is 6.10 Å². The minimum atomic E-state index is -0.887. The lowest BCUT2D eigenvalue weighted by Crippen LogP contribution is -2.51. The fraction of sp³-hybridized carbons (Fsp3) is 0.667. The van der Waals surface area contributed by atoms with Crippen LogP contribution < -0.4 is 0 Å². The van der Waals surface area contributed by atoms with Gasteiger partial charge in [-0.1, -0.05) is 0 Å². The molecule has 1 aromatic heterocycles. The zero-order valence-electron chi connectivity index (χ0n) is 10.7. The summed E-state index contributed by atoms with van der Waals surface area (Å²) < 4.78 is 2.05. The highest BCUT2D eigenvalue weighted by Gasteiger charge is 2.23. The summed E-state index contributed by atoms with van der Waals surface area (Å²) in [5.74, 6) is -0.163. The van der Waals surface area contributed by atoms with Gasteiger partial charge in [-0.15, -0.1) is 0 Å². The largest absolute Gasteiger partial charge is 0.384 e. The molecule has 1 aromatic rings. The Bertz CT molecular complexity index is 369. The van der Waals surface area contributed by atoms with Crippen LogP contribution in [0.25, 0.3) is 0 Å². The van der Waals surface area contributed by atoms with Crippen molar-refractivity contribution in [3.63, 3.8) is 0 Å². The Kier molecular flexibility index (Phi) is 4.33. The van der Waals surface area contributed by atoms with Crippen molar-refractivity contribution in [2.75, 3.05) is 32.7 Å². The molecule has 1 amide bonds. The van der Waals surface area contributed by atoms with Gasteiger partial charge in [-0.25, -0.2) is 4.98 Å². The van der Waals surface area contributed by atoms with Gasteiger partial charge in [0.05, 0.1) is 6.33 Å². The molecule has 1 N–H and O–H groups in total. The normalized spacial score (nSPS) is 18.9. The number of carbonyl (C=O) groups excluding carboxylic acids is 1. The number of hydrogen-bond donors (Lipinski definition) is 1. The lowest BCUT2D eigenvalue weighted by molar-refractivity contribution is -0.141. The first kappa shape index (κ1) is 13.0. The molecule has 0 radical (unpaired) electrons. The van der Waals surface area contributed by atoms with E-state index in [1.807, 2.05) is 17.1 Å². The summed E-state index contributed by atoms with van der Waals surface area (Å²) in [6.45, 7) is 6.55. The van der Waals surface area contributed by atoms with Crippen LogP contribution in [0, 0.1) is 0 Å². The molecule has 2 rings (SSSR count). The van der Waals surface area contributed by atoms with Crippen LogP contribution >= 0.6 is 0 Å². The fourth-order valence-electron chi connectivity index (χ4n) is 2.13. The lowest BCUT2D eigenvalue weighted by Gasteiger charge is -2.35. The Labute approximate surface area is 107 Å². The molecule has 1 atom stereocenters. The van der Waals surface area contributed by atoms with Crippen LogP contribution in [-0.4, -0.2) is 69.2 Å². The minimum absolute atomic E-state index is 0.163. The predicted molar refractivity (Wildman–Crippen MR) is 66.9 cm³/mol. The van der Waals surface area contributed by atoms with Gasteiger partial charge in [0.2, 0.25) is 0 Å². The third-order valence-corrected chi connectivity index (χ3v) is 3.27. The number of piperazine rings is 1. The average molecular weight is 252 g/mol. The summed E-state index contributed by atoms with van der Waals surface area (Å²) in [5, 5.41) is 9.25. The molecule has 6 nitrogen and oxygen atoms in total. The summed E-state index contributed by atoms with van der Waals surface area (Å²) in [6.07, 6.45) is 4.65. The Hall–Kier alpha value is -1.40. The second-order valence-electron chi connectivity index (χ2n) is 4.64. The summed E-state index contributed by atoms with van der Waals surface area (Å²) in [5.41, 5.74) is 0. The van der Waals surface area contributed by atoms with Crippen molar-refractivity contribution in [3.05, 3.63) is 18.7 Å². The molecule has 18 heavy (non-hydrogen) atoms. The van der Waals surface area contributed by atoms with E-state index in [0.717, 1.165) is 26.2 Å². The Morgan fingerprint density at radius 1 is 1.33 bits per heavy atom. The van der Waals surface area contributed by atoms with Gasteiger partial charge in [-0.05, 0) is 6.92 Å². The molecule has 0 bridgehead atoms. The molecule has 100 valence electrons. The molecule has 0 aromatic carbocycles. The third-order valence-electron chi connectivity index (χ3n) is 3.27. The van der Waals surface area contributed by atoms with Gasteiger partial charge in [0.25, 0.3) is 5.91 Å². The Morgan fingerprint density at radius 3 is 2.61 bits per heavy atom. The first-order valence-corrected chi connectivity index (χ1v) is 6.32. The van der Waals surface area contributed by atoms with Crippen LogP contribution in [0.2, 0.25) is 0 Å². The average Bonchev–Trinajstić information content (AvgIpc) is 2.89. The quantitative estimate of drug-likeness (QED) is 0.778. The van der Waals surface area contributed by atoms with E-state index in [1.54, 1.807) is 11.1 Å². The van der Waals surface area contributed by atoms with Crippen molar-refractivity contribution in [2.24, 2.45) is 0 Å². The molecule has 0 aliphatic carbocycles. The number of aliphatic hydroxyl groups is 1. The van der Waals surface area contributed by atoms with E-state index >= 15 is 0 Å². The van der Waals surface area contributed by atoms with Crippen LogP contribution in [0.3, 0.4) is 0 Å². The van der Waals surface area contributed by atoms with Crippen LogP contribution in [0.15, 0.2) is 18.7 Å². The number of imidazole rings is 1. The molecular weight excluding hydrogens is 232 g/mol. The molecule has 2 heterocycles. The second kappa shape index (κ2) is 5.97. The number of nitrogens with zero attached hydrogens (tertiary/aromatic N) is 4. The van der Waals surface area contributed by atoms with E-state index in [-0.39, 0.29) is 5.91 Å². The van der Waals surface area contributed by atoms with Crippen molar-refractivity contribution < 1.29 is 9.90 Å². The highest BCUT2D eigenvalue weighted by Crippen LogP contribution is 2.04. The van der Waals surface area contributed by atoms with E-state index in [1.165, 1.54) is 6.92 Å². The number of aliphatic hydroxyl groups excluding tert-OH is 1. The minimum Gasteiger partial charge on any atom is -0.384 e. The zero-order valence-corrected chi connectivity index (χ0v) is 10.7. The first-order valence-electron chi connectivity index (χ1n) is 6.32. The van der Waals surface area contributed by atoms with Crippen molar-refractivity contribution in [1.29, 1.82) is 0 Å². The molecule has 0 saturated carbocycles. The predicted octanol–water partition coefficient (Wildman–Crippen LogP) is -0.592. The van der Waals surface area contributed by atoms with Crippen LogP contribution in [0.1, 0.15) is 6.92 Å². The van der Waals surface area contributed by atoms with E-state index in [4.69, 9.17) is 0 Å². The summed E-state index contributed by atoms with van der Waals surface area (Å²) in [4.78, 5) is 19.7. The maximum Gasteiger partial charge on any atom is 0.251 e. The topological polar surface area (TPSA) is 61.6 Å². The van der Waals surface area contributed by atoms with Crippen LogP contribution in [0.5, 0.6) is 0 Å². The maximum absolute atomic E-state index is 11.6. The number of aromatic nitrogens is 2. The van der Waals surface area contributed by atoms with Crippen molar-refractivity contribution in [2.45, 2.75) is 19.6 Å². The molecule has 6 heteroatoms. The monoisotopic (exact) mass is 252 g/mol. The van der Waals surface area contributed by atoms with Gasteiger partial charge < -0.3 is 14.6 Å². The van der Waals surface area contributed by atoms with Gasteiger partial charge in [0.15, 0.2) is 0 Å².